The lowest BCUT2D eigenvalue weighted by Crippen LogP contribution is -2.38. The van der Waals surface area contributed by atoms with Crippen molar-refractivity contribution in [3.05, 3.63) is 26.4 Å². The van der Waals surface area contributed by atoms with Crippen LogP contribution in [0.5, 0.6) is 0 Å². The predicted octanol–water partition coefficient (Wildman–Crippen LogP) is 5.86. The van der Waals surface area contributed by atoms with Crippen molar-refractivity contribution in [1.82, 2.24) is 5.32 Å². The fraction of sp³-hybridized carbons (Fsp3) is 0.647. The van der Waals surface area contributed by atoms with Gasteiger partial charge in [0.2, 0.25) is 0 Å². The van der Waals surface area contributed by atoms with Crippen LogP contribution in [0.15, 0.2) is 21.5 Å². The minimum Gasteiger partial charge on any atom is -0.308 e. The van der Waals surface area contributed by atoms with Crippen LogP contribution in [0.3, 0.4) is 0 Å². The molecule has 1 saturated carbocycles. The lowest BCUT2D eigenvalue weighted by atomic mass is 9.83. The zero-order valence-corrected chi connectivity index (χ0v) is 15.2. The van der Waals surface area contributed by atoms with E-state index in [1.807, 2.05) is 11.3 Å². The van der Waals surface area contributed by atoms with E-state index in [0.717, 1.165) is 12.5 Å². The van der Waals surface area contributed by atoms with Crippen molar-refractivity contribution in [3.63, 3.8) is 0 Å². The first kappa shape index (κ1) is 16.3. The topological polar surface area (TPSA) is 12.0 Å². The maximum absolute atomic E-state index is 3.67. The van der Waals surface area contributed by atoms with E-state index >= 15 is 0 Å². The van der Waals surface area contributed by atoms with Crippen LogP contribution in [0, 0.1) is 5.92 Å². The van der Waals surface area contributed by atoms with E-state index < -0.39 is 0 Å². The molecule has 2 rings (SSSR count). The summed E-state index contributed by atoms with van der Waals surface area (Å²) in [6.45, 7) is 7.75. The summed E-state index contributed by atoms with van der Waals surface area (Å²) in [5.41, 5.74) is 1.78. The van der Waals surface area contributed by atoms with Crippen LogP contribution in [-0.4, -0.2) is 12.1 Å². The molecule has 1 aliphatic rings. The molecule has 0 saturated heterocycles. The van der Waals surface area contributed by atoms with Gasteiger partial charge >= 0.3 is 0 Å². The minimum absolute atomic E-state index is 0.184. The average Bonchev–Trinajstić information content (AvgIpc) is 2.80. The standard InChI is InChI=1S/C17H26BrNS/c1-17(2,3)19-12-14(13-7-5-4-6-8-13)11-15-9-10-16(18)20-15/h9-11,13,19H,4-8,12H2,1-3H3/b14-11-. The largest absolute Gasteiger partial charge is 0.308 e. The summed E-state index contributed by atoms with van der Waals surface area (Å²) in [5, 5.41) is 3.67. The summed E-state index contributed by atoms with van der Waals surface area (Å²) < 4.78 is 1.22. The molecule has 20 heavy (non-hydrogen) atoms. The third kappa shape index (κ3) is 5.34. The molecule has 1 N–H and O–H groups in total. The molecule has 1 fully saturated rings. The normalized spacial score (nSPS) is 18.5. The highest BCUT2D eigenvalue weighted by Crippen LogP contribution is 2.32. The van der Waals surface area contributed by atoms with E-state index in [-0.39, 0.29) is 5.54 Å². The van der Waals surface area contributed by atoms with Crippen molar-refractivity contribution in [2.75, 3.05) is 6.54 Å². The molecule has 0 unspecified atom stereocenters. The van der Waals surface area contributed by atoms with Crippen LogP contribution in [0.25, 0.3) is 6.08 Å². The molecule has 1 aromatic rings. The Bertz CT molecular complexity index is 450. The summed E-state index contributed by atoms with van der Waals surface area (Å²) in [4.78, 5) is 1.37. The fourth-order valence-corrected chi connectivity index (χ4v) is 4.14. The van der Waals surface area contributed by atoms with Crippen molar-refractivity contribution in [2.45, 2.75) is 58.4 Å². The number of hydrogen-bond donors (Lipinski definition) is 1. The van der Waals surface area contributed by atoms with E-state index in [9.17, 15) is 0 Å². The Morgan fingerprint density at radius 1 is 1.30 bits per heavy atom. The molecule has 1 nitrogen and oxygen atoms in total. The molecular formula is C17H26BrNS. The van der Waals surface area contributed by atoms with Gasteiger partial charge in [0.25, 0.3) is 0 Å². The maximum Gasteiger partial charge on any atom is 0.0704 e. The van der Waals surface area contributed by atoms with Crippen LogP contribution < -0.4 is 5.32 Å². The van der Waals surface area contributed by atoms with E-state index in [1.165, 1.54) is 40.8 Å². The number of hydrogen-bond acceptors (Lipinski definition) is 2. The SMILES string of the molecule is CC(C)(C)NC/C(=C/c1ccc(Br)s1)C1CCCCC1. The fourth-order valence-electron chi connectivity index (χ4n) is 2.74. The van der Waals surface area contributed by atoms with Crippen LogP contribution in [0.2, 0.25) is 0 Å². The van der Waals surface area contributed by atoms with Gasteiger partial charge in [0.1, 0.15) is 0 Å². The van der Waals surface area contributed by atoms with Crippen LogP contribution in [0.4, 0.5) is 0 Å². The molecular weight excluding hydrogens is 330 g/mol. The van der Waals surface area contributed by atoms with Gasteiger partial charge in [0, 0.05) is 17.0 Å². The lowest BCUT2D eigenvalue weighted by molar-refractivity contribution is 0.378. The molecule has 1 heterocycles. The molecule has 0 bridgehead atoms. The van der Waals surface area contributed by atoms with Crippen LogP contribution in [0.1, 0.15) is 57.8 Å². The molecule has 0 aromatic carbocycles. The van der Waals surface area contributed by atoms with Crippen molar-refractivity contribution in [2.24, 2.45) is 5.92 Å². The second-order valence-corrected chi connectivity index (χ2v) is 9.29. The maximum atomic E-state index is 3.67. The number of rotatable bonds is 4. The first-order valence-corrected chi connectivity index (χ1v) is 9.26. The third-order valence-electron chi connectivity index (χ3n) is 3.87. The molecule has 0 radical (unpaired) electrons. The minimum atomic E-state index is 0.184. The zero-order valence-electron chi connectivity index (χ0n) is 12.8. The Morgan fingerprint density at radius 2 is 2.00 bits per heavy atom. The van der Waals surface area contributed by atoms with Crippen molar-refractivity contribution in [1.29, 1.82) is 0 Å². The summed E-state index contributed by atoms with van der Waals surface area (Å²) in [6, 6.07) is 4.36. The summed E-state index contributed by atoms with van der Waals surface area (Å²) in [7, 11) is 0. The first-order chi connectivity index (χ1) is 9.44. The molecule has 0 atom stereocenters. The number of nitrogens with one attached hydrogen (secondary N) is 1. The van der Waals surface area contributed by atoms with Gasteiger partial charge in [-0.1, -0.05) is 24.8 Å². The van der Waals surface area contributed by atoms with Crippen molar-refractivity contribution in [3.8, 4) is 0 Å². The number of halogens is 1. The van der Waals surface area contributed by atoms with Gasteiger partial charge in [-0.2, -0.15) is 0 Å². The van der Waals surface area contributed by atoms with Gasteiger partial charge in [0.05, 0.1) is 3.79 Å². The monoisotopic (exact) mass is 355 g/mol. The zero-order chi connectivity index (χ0) is 14.6. The second-order valence-electron chi connectivity index (χ2n) is 6.80. The van der Waals surface area contributed by atoms with E-state index in [0.29, 0.717) is 0 Å². The Morgan fingerprint density at radius 3 is 2.55 bits per heavy atom. The van der Waals surface area contributed by atoms with Gasteiger partial charge in [0.15, 0.2) is 0 Å². The predicted molar refractivity (Wildman–Crippen MR) is 94.3 cm³/mol. The van der Waals surface area contributed by atoms with Crippen LogP contribution >= 0.6 is 27.3 Å². The van der Waals surface area contributed by atoms with Gasteiger partial charge < -0.3 is 5.32 Å². The smallest absolute Gasteiger partial charge is 0.0704 e. The van der Waals surface area contributed by atoms with Gasteiger partial charge in [-0.25, -0.2) is 0 Å². The quantitative estimate of drug-likeness (QED) is 0.712. The average molecular weight is 356 g/mol. The molecule has 0 amide bonds. The first-order valence-electron chi connectivity index (χ1n) is 7.65. The van der Waals surface area contributed by atoms with E-state index in [1.54, 1.807) is 5.57 Å². The van der Waals surface area contributed by atoms with Gasteiger partial charge in [-0.05, 0) is 73.7 Å². The highest BCUT2D eigenvalue weighted by Gasteiger charge is 2.19. The molecule has 3 heteroatoms. The van der Waals surface area contributed by atoms with E-state index in [2.05, 4.69) is 60.2 Å². The molecule has 1 aromatic heterocycles. The Kier molecular flexibility index (Phi) is 5.88. The van der Waals surface area contributed by atoms with Crippen LogP contribution in [-0.2, 0) is 0 Å². The van der Waals surface area contributed by atoms with E-state index in [4.69, 9.17) is 0 Å². The highest BCUT2D eigenvalue weighted by molar-refractivity contribution is 9.11. The molecule has 0 spiro atoms. The van der Waals surface area contributed by atoms with Gasteiger partial charge in [-0.15, -0.1) is 11.3 Å². The Labute approximate surface area is 136 Å². The Balaban J connectivity index is 2.12. The lowest BCUT2D eigenvalue weighted by Gasteiger charge is -2.28. The summed E-state index contributed by atoms with van der Waals surface area (Å²) in [5.74, 6) is 0.777. The summed E-state index contributed by atoms with van der Waals surface area (Å²) in [6.07, 6.45) is 9.36. The van der Waals surface area contributed by atoms with Crippen molar-refractivity contribution < 1.29 is 0 Å². The van der Waals surface area contributed by atoms with Gasteiger partial charge in [-0.3, -0.25) is 0 Å². The molecule has 0 aliphatic heterocycles. The molecule has 112 valence electrons. The highest BCUT2D eigenvalue weighted by atomic mass is 79.9. The second kappa shape index (κ2) is 7.24. The Hall–Kier alpha value is -0.120. The summed E-state index contributed by atoms with van der Waals surface area (Å²) >= 11 is 5.39. The third-order valence-corrected chi connectivity index (χ3v) is 5.44. The van der Waals surface area contributed by atoms with Crippen molar-refractivity contribution >= 4 is 33.3 Å². The number of thiophene rings is 1. The molecule has 1 aliphatic carbocycles.